The molecule has 1 unspecified atom stereocenters. The Hall–Kier alpha value is -3.67. The predicted molar refractivity (Wildman–Crippen MR) is 121 cm³/mol. The maximum Gasteiger partial charge on any atom is 0.165 e. The maximum absolute atomic E-state index is 13.1. The molecule has 0 fully saturated rings. The molecular formula is C25H27NO5. The highest BCUT2D eigenvalue weighted by molar-refractivity contribution is 5.97. The molecule has 0 bridgehead atoms. The van der Waals surface area contributed by atoms with E-state index in [9.17, 15) is 4.79 Å². The van der Waals surface area contributed by atoms with E-state index in [1.54, 1.807) is 46.6 Å². The van der Waals surface area contributed by atoms with E-state index in [2.05, 4.69) is 5.32 Å². The molecule has 3 aromatic carbocycles. The largest absolute Gasteiger partial charge is 0.497 e. The average molecular weight is 421 g/mol. The molecule has 0 heterocycles. The number of rotatable bonds is 10. The van der Waals surface area contributed by atoms with E-state index >= 15 is 0 Å². The van der Waals surface area contributed by atoms with Gasteiger partial charge in [0.15, 0.2) is 17.3 Å². The number of Topliss-reactive ketones (excluding diaryl/α,β-unsaturated/α-hetero) is 1. The molecule has 0 aromatic heterocycles. The van der Waals surface area contributed by atoms with Crippen molar-refractivity contribution in [3.05, 3.63) is 77.9 Å². The van der Waals surface area contributed by atoms with Crippen LogP contribution >= 0.6 is 0 Å². The number of nitrogens with one attached hydrogen (secondary N) is 1. The number of ether oxygens (including phenoxy) is 4. The molecule has 3 aromatic rings. The zero-order valence-corrected chi connectivity index (χ0v) is 18.2. The van der Waals surface area contributed by atoms with Crippen LogP contribution in [0.4, 0.5) is 5.69 Å². The van der Waals surface area contributed by atoms with Crippen molar-refractivity contribution in [2.24, 2.45) is 0 Å². The van der Waals surface area contributed by atoms with E-state index < -0.39 is 0 Å². The van der Waals surface area contributed by atoms with Gasteiger partial charge in [-0.05, 0) is 60.2 Å². The van der Waals surface area contributed by atoms with Crippen LogP contribution in [-0.4, -0.2) is 34.2 Å². The summed E-state index contributed by atoms with van der Waals surface area (Å²) in [6.45, 7) is 0. The lowest BCUT2D eigenvalue weighted by molar-refractivity contribution is 0.0976. The summed E-state index contributed by atoms with van der Waals surface area (Å²) < 4.78 is 21.1. The van der Waals surface area contributed by atoms with E-state index in [1.807, 2.05) is 48.5 Å². The minimum atomic E-state index is -0.236. The molecule has 3 rings (SSSR count). The monoisotopic (exact) mass is 421 g/mol. The highest BCUT2D eigenvalue weighted by Gasteiger charge is 2.19. The zero-order chi connectivity index (χ0) is 22.2. The molecule has 0 radical (unpaired) electrons. The first-order valence-electron chi connectivity index (χ1n) is 9.87. The molecule has 0 saturated heterocycles. The number of benzene rings is 3. The minimum absolute atomic E-state index is 0.0113. The maximum atomic E-state index is 13.1. The Balaban J connectivity index is 1.86. The van der Waals surface area contributed by atoms with Gasteiger partial charge >= 0.3 is 0 Å². The third-order valence-electron chi connectivity index (χ3n) is 5.04. The summed E-state index contributed by atoms with van der Waals surface area (Å²) in [4.78, 5) is 13.1. The van der Waals surface area contributed by atoms with Gasteiger partial charge in [-0.2, -0.15) is 0 Å². The molecule has 1 atom stereocenters. The third-order valence-corrected chi connectivity index (χ3v) is 5.04. The number of hydrogen-bond acceptors (Lipinski definition) is 6. The summed E-state index contributed by atoms with van der Waals surface area (Å²) in [6, 6.07) is 20.3. The second-order valence-corrected chi connectivity index (χ2v) is 6.90. The molecule has 0 spiro atoms. The fourth-order valence-electron chi connectivity index (χ4n) is 3.29. The second kappa shape index (κ2) is 10.4. The number of carbonyl (C=O) groups is 1. The first kappa shape index (κ1) is 22.0. The smallest absolute Gasteiger partial charge is 0.165 e. The van der Waals surface area contributed by atoms with Gasteiger partial charge in [0, 0.05) is 17.7 Å². The molecule has 0 saturated carbocycles. The van der Waals surface area contributed by atoms with Crippen molar-refractivity contribution < 1.29 is 23.7 Å². The lowest BCUT2D eigenvalue weighted by Gasteiger charge is -2.21. The van der Waals surface area contributed by atoms with Crippen molar-refractivity contribution >= 4 is 11.5 Å². The first-order valence-corrected chi connectivity index (χ1v) is 9.87. The van der Waals surface area contributed by atoms with Crippen LogP contribution in [-0.2, 0) is 0 Å². The quantitative estimate of drug-likeness (QED) is 0.457. The molecule has 0 aliphatic rings. The van der Waals surface area contributed by atoms with Gasteiger partial charge in [-0.1, -0.05) is 12.1 Å². The molecule has 6 heteroatoms. The number of carbonyl (C=O) groups excluding carboxylic acids is 1. The van der Waals surface area contributed by atoms with E-state index in [0.29, 0.717) is 17.1 Å². The summed E-state index contributed by atoms with van der Waals surface area (Å²) in [5.74, 6) is 2.63. The van der Waals surface area contributed by atoms with Crippen LogP contribution in [0.3, 0.4) is 0 Å². The van der Waals surface area contributed by atoms with Crippen molar-refractivity contribution in [1.29, 1.82) is 0 Å². The Morgan fingerprint density at radius 1 is 0.742 bits per heavy atom. The lowest BCUT2D eigenvalue weighted by Crippen LogP contribution is -2.16. The van der Waals surface area contributed by atoms with Gasteiger partial charge in [-0.25, -0.2) is 0 Å². The molecular weight excluding hydrogens is 394 g/mol. The van der Waals surface area contributed by atoms with E-state index in [-0.39, 0.29) is 18.2 Å². The fraction of sp³-hybridized carbons (Fsp3) is 0.240. The minimum Gasteiger partial charge on any atom is -0.497 e. The molecule has 1 N–H and O–H groups in total. The number of ketones is 1. The summed E-state index contributed by atoms with van der Waals surface area (Å²) >= 11 is 0. The highest BCUT2D eigenvalue weighted by atomic mass is 16.5. The molecule has 6 nitrogen and oxygen atoms in total. The van der Waals surface area contributed by atoms with Gasteiger partial charge in [0.2, 0.25) is 0 Å². The number of hydrogen-bond donors (Lipinski definition) is 1. The van der Waals surface area contributed by atoms with Gasteiger partial charge in [0.25, 0.3) is 0 Å². The van der Waals surface area contributed by atoms with Gasteiger partial charge in [-0.3, -0.25) is 4.79 Å². The predicted octanol–water partition coefficient (Wildman–Crippen LogP) is 5.15. The zero-order valence-electron chi connectivity index (χ0n) is 18.2. The van der Waals surface area contributed by atoms with Crippen molar-refractivity contribution in [2.75, 3.05) is 33.8 Å². The Morgan fingerprint density at radius 3 is 1.87 bits per heavy atom. The summed E-state index contributed by atoms with van der Waals surface area (Å²) in [5, 5.41) is 3.46. The number of anilines is 1. The topological polar surface area (TPSA) is 66.0 Å². The normalized spacial score (nSPS) is 11.4. The third kappa shape index (κ3) is 5.48. The SMILES string of the molecule is COc1ccc(NC(CC(=O)c2ccc(OC)c(OC)c2)c2ccc(OC)cc2)cc1. The van der Waals surface area contributed by atoms with Crippen molar-refractivity contribution in [1.82, 2.24) is 0 Å². The van der Waals surface area contributed by atoms with Crippen molar-refractivity contribution in [2.45, 2.75) is 12.5 Å². The molecule has 0 amide bonds. The van der Waals surface area contributed by atoms with Crippen LogP contribution in [0.1, 0.15) is 28.4 Å². The van der Waals surface area contributed by atoms with E-state index in [0.717, 1.165) is 22.7 Å². The molecule has 162 valence electrons. The molecule has 31 heavy (non-hydrogen) atoms. The fourth-order valence-corrected chi connectivity index (χ4v) is 3.29. The van der Waals surface area contributed by atoms with Crippen LogP contribution in [0.2, 0.25) is 0 Å². The van der Waals surface area contributed by atoms with Crippen LogP contribution in [0.25, 0.3) is 0 Å². The van der Waals surface area contributed by atoms with Gasteiger partial charge in [0.05, 0.1) is 34.5 Å². The number of methoxy groups -OCH3 is 4. The van der Waals surface area contributed by atoms with E-state index in [4.69, 9.17) is 18.9 Å². The van der Waals surface area contributed by atoms with Gasteiger partial charge in [0.1, 0.15) is 11.5 Å². The van der Waals surface area contributed by atoms with E-state index in [1.165, 1.54) is 0 Å². The molecule has 0 aliphatic carbocycles. The summed E-state index contributed by atoms with van der Waals surface area (Å²) in [6.07, 6.45) is 0.258. The van der Waals surface area contributed by atoms with Crippen molar-refractivity contribution in [3.63, 3.8) is 0 Å². The lowest BCUT2D eigenvalue weighted by atomic mass is 9.97. The van der Waals surface area contributed by atoms with Crippen LogP contribution < -0.4 is 24.3 Å². The Labute approximate surface area is 182 Å². The first-order chi connectivity index (χ1) is 15.1. The Bertz CT molecular complexity index is 999. The van der Waals surface area contributed by atoms with Crippen LogP contribution in [0.5, 0.6) is 23.0 Å². The standard InChI is InChI=1S/C25H27NO5/c1-28-20-10-5-17(6-11-20)22(26-19-8-12-21(29-2)13-9-19)16-23(27)18-7-14-24(30-3)25(15-18)31-4/h5-15,22,26H,16H2,1-4H3. The second-order valence-electron chi connectivity index (χ2n) is 6.90. The van der Waals surface area contributed by atoms with Crippen LogP contribution in [0.15, 0.2) is 66.7 Å². The summed E-state index contributed by atoms with van der Waals surface area (Å²) in [5.41, 5.74) is 2.43. The van der Waals surface area contributed by atoms with Gasteiger partial charge < -0.3 is 24.3 Å². The Morgan fingerprint density at radius 2 is 1.32 bits per heavy atom. The van der Waals surface area contributed by atoms with Crippen molar-refractivity contribution in [3.8, 4) is 23.0 Å². The highest BCUT2D eigenvalue weighted by Crippen LogP contribution is 2.31. The van der Waals surface area contributed by atoms with Gasteiger partial charge in [-0.15, -0.1) is 0 Å². The average Bonchev–Trinajstić information content (AvgIpc) is 2.83. The summed E-state index contributed by atoms with van der Waals surface area (Å²) in [7, 11) is 6.38. The molecule has 0 aliphatic heterocycles. The van der Waals surface area contributed by atoms with Crippen LogP contribution in [0, 0.1) is 0 Å². The Kier molecular flexibility index (Phi) is 7.38.